The van der Waals surface area contributed by atoms with Crippen LogP contribution >= 0.6 is 0 Å². The van der Waals surface area contributed by atoms with Gasteiger partial charge in [-0.15, -0.1) is 0 Å². The summed E-state index contributed by atoms with van der Waals surface area (Å²) in [6.07, 6.45) is 4.50. The molecule has 1 aromatic heterocycles. The maximum absolute atomic E-state index is 16.0. The molecule has 2 aliphatic heterocycles. The Bertz CT molecular complexity index is 2040. The maximum atomic E-state index is 16.0. The molecule has 0 spiro atoms. The number of aromatic nitrogens is 1. The molecule has 268 valence electrons. The van der Waals surface area contributed by atoms with Gasteiger partial charge in [-0.25, -0.2) is 4.39 Å². The summed E-state index contributed by atoms with van der Waals surface area (Å²) in [5.74, 6) is -1.27. The van der Waals surface area contributed by atoms with Crippen LogP contribution in [0, 0.1) is 12.7 Å². The lowest BCUT2D eigenvalue weighted by atomic mass is 9.94. The molecule has 0 unspecified atom stereocenters. The van der Waals surface area contributed by atoms with Gasteiger partial charge in [0.15, 0.2) is 29.4 Å². The molecule has 3 heterocycles. The van der Waals surface area contributed by atoms with E-state index in [1.165, 1.54) is 12.3 Å². The zero-order valence-corrected chi connectivity index (χ0v) is 29.7. The number of ether oxygens (including phenoxy) is 1. The number of aryl methyl sites for hydroxylation is 1. The molecule has 2 aliphatic rings. The van der Waals surface area contributed by atoms with E-state index in [9.17, 15) is 19.2 Å². The van der Waals surface area contributed by atoms with Crippen LogP contribution in [0.25, 0.3) is 16.6 Å². The Balaban J connectivity index is 1.37. The lowest BCUT2D eigenvalue weighted by Crippen LogP contribution is -2.45. The second-order valence-corrected chi connectivity index (χ2v) is 13.7. The maximum Gasteiger partial charge on any atom is 0.256 e. The summed E-state index contributed by atoms with van der Waals surface area (Å²) in [5.41, 5.74) is 1.57. The van der Waals surface area contributed by atoms with Crippen molar-refractivity contribution in [1.82, 2.24) is 24.6 Å². The number of amides is 1. The zero-order chi connectivity index (χ0) is 36.2. The van der Waals surface area contributed by atoms with Gasteiger partial charge in [-0.05, 0) is 84.2 Å². The number of hydrogen-bond acceptors (Lipinski definition) is 9. The number of aldehydes is 1. The van der Waals surface area contributed by atoms with Gasteiger partial charge in [0.25, 0.3) is 5.91 Å². The Morgan fingerprint density at radius 3 is 2.49 bits per heavy atom. The highest BCUT2D eigenvalue weighted by molar-refractivity contribution is 6.14. The number of carbonyl (C=O) groups is 3. The number of halogens is 1. The van der Waals surface area contributed by atoms with Crippen LogP contribution in [0.15, 0.2) is 53.5 Å². The largest absolute Gasteiger partial charge is 0.451 e. The van der Waals surface area contributed by atoms with Gasteiger partial charge in [0.05, 0.1) is 11.1 Å². The summed E-state index contributed by atoms with van der Waals surface area (Å²) < 4.78 is 24.1. The SMILES string of the molecule is Cc1cc2c(cc1C(=O)c1ccccc1C=O)Oc1c(NCCCCN(C)C)c(F)cc3c(=O)c(C(=O)NCCCN4CCN(C)CC4)cn-2c13. The van der Waals surface area contributed by atoms with Crippen LogP contribution in [0.1, 0.15) is 61.5 Å². The average molecular weight is 697 g/mol. The number of carbonyl (C=O) groups excluding carboxylic acids is 3. The highest BCUT2D eigenvalue weighted by Crippen LogP contribution is 2.46. The molecule has 4 aromatic rings. The molecular formula is C39H45FN6O5. The van der Waals surface area contributed by atoms with Crippen molar-refractivity contribution in [3.63, 3.8) is 0 Å². The van der Waals surface area contributed by atoms with Crippen molar-refractivity contribution in [2.45, 2.75) is 26.2 Å². The molecule has 6 rings (SSSR count). The molecule has 0 aliphatic carbocycles. The van der Waals surface area contributed by atoms with E-state index in [4.69, 9.17) is 4.74 Å². The Morgan fingerprint density at radius 1 is 0.980 bits per heavy atom. The second kappa shape index (κ2) is 15.5. The van der Waals surface area contributed by atoms with Crippen molar-refractivity contribution in [2.75, 3.05) is 78.8 Å². The number of likely N-dealkylation sites (N-methyl/N-ethyl adjacent to an activating group) is 1. The number of nitrogens with one attached hydrogen (secondary N) is 2. The molecule has 0 atom stereocenters. The molecule has 3 aromatic carbocycles. The summed E-state index contributed by atoms with van der Waals surface area (Å²) in [6, 6.07) is 11.0. The summed E-state index contributed by atoms with van der Waals surface area (Å²) in [4.78, 5) is 59.7. The molecule has 11 nitrogen and oxygen atoms in total. The molecule has 1 amide bonds. The zero-order valence-electron chi connectivity index (χ0n) is 29.7. The van der Waals surface area contributed by atoms with Crippen LogP contribution in [-0.2, 0) is 0 Å². The van der Waals surface area contributed by atoms with E-state index in [1.54, 1.807) is 47.9 Å². The first-order valence-corrected chi connectivity index (χ1v) is 17.5. The molecular weight excluding hydrogens is 651 g/mol. The standard InChI is InChI=1S/C39H45FN6O5/c1-25-20-32-33(22-28(25)36(48)27-11-6-5-10-26(27)24-47)51-38-34(41-12-7-8-14-43(2)3)31(40)21-29-35(38)46(32)23-30(37(29)49)39(50)42-13-9-15-45-18-16-44(4)17-19-45/h5-6,10-11,20-24,41H,7-9,12-19H2,1-4H3,(H,42,50). The Labute approximate surface area is 297 Å². The van der Waals surface area contributed by atoms with Crippen molar-refractivity contribution in [3.8, 4) is 17.2 Å². The summed E-state index contributed by atoms with van der Waals surface area (Å²) in [5, 5.41) is 6.08. The number of benzene rings is 3. The number of piperazine rings is 1. The van der Waals surface area contributed by atoms with E-state index in [-0.39, 0.29) is 45.0 Å². The minimum Gasteiger partial charge on any atom is -0.451 e. The number of nitrogens with zero attached hydrogens (tertiary/aromatic N) is 4. The van der Waals surface area contributed by atoms with Crippen molar-refractivity contribution >= 4 is 34.6 Å². The Kier molecular flexibility index (Phi) is 10.9. The molecule has 1 saturated heterocycles. The van der Waals surface area contributed by atoms with E-state index in [2.05, 4.69) is 32.4 Å². The first kappa shape index (κ1) is 35.9. The highest BCUT2D eigenvalue weighted by Gasteiger charge is 2.30. The lowest BCUT2D eigenvalue weighted by Gasteiger charge is -2.32. The highest BCUT2D eigenvalue weighted by atomic mass is 19.1. The molecule has 12 heteroatoms. The number of pyridine rings is 1. The van der Waals surface area contributed by atoms with E-state index in [0.29, 0.717) is 41.7 Å². The van der Waals surface area contributed by atoms with Crippen molar-refractivity contribution in [3.05, 3.63) is 92.5 Å². The fraction of sp³-hybridized carbons (Fsp3) is 0.385. The van der Waals surface area contributed by atoms with Crippen LogP contribution in [0.4, 0.5) is 10.1 Å². The minimum atomic E-state index is -0.690. The third kappa shape index (κ3) is 7.58. The van der Waals surface area contributed by atoms with Gasteiger partial charge in [-0.1, -0.05) is 24.3 Å². The Hall–Kier alpha value is -4.91. The number of anilines is 1. The number of hydrogen-bond donors (Lipinski definition) is 2. The third-order valence-corrected chi connectivity index (χ3v) is 9.66. The Morgan fingerprint density at radius 2 is 1.75 bits per heavy atom. The van der Waals surface area contributed by atoms with Gasteiger partial charge >= 0.3 is 0 Å². The van der Waals surface area contributed by atoms with Gasteiger partial charge in [0, 0.05) is 62.2 Å². The quantitative estimate of drug-likeness (QED) is 0.0968. The number of unbranched alkanes of at least 4 members (excludes halogenated alkanes) is 1. The summed E-state index contributed by atoms with van der Waals surface area (Å²) >= 11 is 0. The monoisotopic (exact) mass is 696 g/mol. The van der Waals surface area contributed by atoms with Gasteiger partial charge in [-0.3, -0.25) is 19.2 Å². The fourth-order valence-electron chi connectivity index (χ4n) is 6.73. The topological polar surface area (TPSA) is 116 Å². The fourth-order valence-corrected chi connectivity index (χ4v) is 6.73. The molecule has 2 N–H and O–H groups in total. The molecule has 0 bridgehead atoms. The summed E-state index contributed by atoms with van der Waals surface area (Å²) in [6.45, 7) is 8.26. The molecule has 0 saturated carbocycles. The smallest absolute Gasteiger partial charge is 0.256 e. The van der Waals surface area contributed by atoms with Gasteiger partial charge in [-0.2, -0.15) is 0 Å². The van der Waals surface area contributed by atoms with E-state index >= 15 is 4.39 Å². The van der Waals surface area contributed by atoms with Gasteiger partial charge in [0.1, 0.15) is 16.8 Å². The van der Waals surface area contributed by atoms with Crippen molar-refractivity contribution in [1.29, 1.82) is 0 Å². The van der Waals surface area contributed by atoms with Crippen LogP contribution < -0.4 is 20.8 Å². The predicted molar refractivity (Wildman–Crippen MR) is 197 cm³/mol. The van der Waals surface area contributed by atoms with Crippen LogP contribution in [-0.4, -0.2) is 111 Å². The third-order valence-electron chi connectivity index (χ3n) is 9.66. The molecule has 0 radical (unpaired) electrons. The van der Waals surface area contributed by atoms with Crippen LogP contribution in [0.3, 0.4) is 0 Å². The van der Waals surface area contributed by atoms with Crippen molar-refractivity contribution < 1.29 is 23.5 Å². The summed E-state index contributed by atoms with van der Waals surface area (Å²) in [7, 11) is 6.09. The lowest BCUT2D eigenvalue weighted by molar-refractivity contribution is 0.0947. The minimum absolute atomic E-state index is 0.00844. The molecule has 1 fully saturated rings. The van der Waals surface area contributed by atoms with E-state index < -0.39 is 17.2 Å². The van der Waals surface area contributed by atoms with E-state index in [1.807, 2.05) is 14.1 Å². The average Bonchev–Trinajstić information content (AvgIpc) is 3.12. The van der Waals surface area contributed by atoms with Crippen molar-refractivity contribution in [2.24, 2.45) is 0 Å². The molecule has 51 heavy (non-hydrogen) atoms. The number of fused-ring (bicyclic) bond motifs is 2. The second-order valence-electron chi connectivity index (χ2n) is 13.7. The van der Waals surface area contributed by atoms with Crippen LogP contribution in [0.5, 0.6) is 11.5 Å². The van der Waals surface area contributed by atoms with Crippen LogP contribution in [0.2, 0.25) is 0 Å². The first-order chi connectivity index (χ1) is 24.6. The normalized spacial score (nSPS) is 14.3. The predicted octanol–water partition coefficient (Wildman–Crippen LogP) is 4.71. The number of ketones is 1. The van der Waals surface area contributed by atoms with E-state index in [0.717, 1.165) is 58.5 Å². The number of rotatable bonds is 14. The van der Waals surface area contributed by atoms with Gasteiger partial charge in [0.2, 0.25) is 5.43 Å². The van der Waals surface area contributed by atoms with Gasteiger partial charge < -0.3 is 34.6 Å². The first-order valence-electron chi connectivity index (χ1n) is 17.5.